The van der Waals surface area contributed by atoms with Gasteiger partial charge in [-0.3, -0.25) is 0 Å². The van der Waals surface area contributed by atoms with E-state index >= 15 is 0 Å². The average molecular weight is 215 g/mol. The van der Waals surface area contributed by atoms with Gasteiger partial charge in [-0.1, -0.05) is 13.8 Å². The third kappa shape index (κ3) is 7.19. The van der Waals surface area contributed by atoms with Crippen LogP contribution in [0.2, 0.25) is 0 Å². The Balaban J connectivity index is 4.17. The lowest BCUT2D eigenvalue weighted by Crippen LogP contribution is -2.46. The van der Waals surface area contributed by atoms with Crippen LogP contribution in [0, 0.1) is 5.92 Å². The Morgan fingerprint density at radius 1 is 1.20 bits per heavy atom. The second-order valence-electron chi connectivity index (χ2n) is 4.93. The van der Waals surface area contributed by atoms with Gasteiger partial charge >= 0.3 is 6.03 Å². The molecule has 0 bridgehead atoms. The minimum atomic E-state index is -0.0116. The normalized spacial score (nSPS) is 13.1. The number of amides is 2. The summed E-state index contributed by atoms with van der Waals surface area (Å²) in [7, 11) is 7.57. The maximum absolute atomic E-state index is 11.5. The summed E-state index contributed by atoms with van der Waals surface area (Å²) in [6.45, 7) is 5.23. The maximum Gasteiger partial charge on any atom is 0.317 e. The molecule has 0 aliphatic rings. The molecule has 4 nitrogen and oxygen atoms in total. The molecule has 4 heteroatoms. The van der Waals surface area contributed by atoms with Crippen LogP contribution in [-0.4, -0.2) is 56.6 Å². The zero-order chi connectivity index (χ0) is 12.0. The van der Waals surface area contributed by atoms with Gasteiger partial charge in [-0.05, 0) is 26.4 Å². The van der Waals surface area contributed by atoms with E-state index in [1.807, 2.05) is 14.1 Å². The van der Waals surface area contributed by atoms with Crippen molar-refractivity contribution in [1.29, 1.82) is 0 Å². The van der Waals surface area contributed by atoms with Crippen LogP contribution in [0.15, 0.2) is 0 Å². The quantitative estimate of drug-likeness (QED) is 0.749. The third-order valence-electron chi connectivity index (χ3n) is 2.08. The average Bonchev–Trinajstić information content (AvgIpc) is 2.00. The first-order valence-corrected chi connectivity index (χ1v) is 5.45. The molecule has 0 saturated heterocycles. The fraction of sp³-hybridized carbons (Fsp3) is 0.909. The van der Waals surface area contributed by atoms with Gasteiger partial charge in [0.2, 0.25) is 0 Å². The molecular weight excluding hydrogens is 190 g/mol. The Kier molecular flexibility index (Phi) is 6.32. The van der Waals surface area contributed by atoms with Crippen LogP contribution >= 0.6 is 0 Å². The highest BCUT2D eigenvalue weighted by Crippen LogP contribution is 2.05. The lowest BCUT2D eigenvalue weighted by atomic mass is 10.0. The number of hydrogen-bond acceptors (Lipinski definition) is 2. The van der Waals surface area contributed by atoms with E-state index in [0.717, 1.165) is 13.0 Å². The summed E-state index contributed by atoms with van der Waals surface area (Å²) in [6, 6.07) is 0.220. The Bertz CT molecular complexity index is 180. The van der Waals surface area contributed by atoms with Gasteiger partial charge in [0.15, 0.2) is 0 Å². The van der Waals surface area contributed by atoms with Crippen LogP contribution in [0.3, 0.4) is 0 Å². The second kappa shape index (κ2) is 6.67. The zero-order valence-corrected chi connectivity index (χ0v) is 10.9. The van der Waals surface area contributed by atoms with E-state index in [4.69, 9.17) is 0 Å². The molecule has 0 aromatic heterocycles. The van der Waals surface area contributed by atoms with E-state index in [2.05, 4.69) is 24.1 Å². The molecule has 1 N–H and O–H groups in total. The first-order chi connectivity index (χ1) is 6.82. The molecule has 0 aromatic rings. The predicted molar refractivity (Wildman–Crippen MR) is 64.0 cm³/mol. The summed E-state index contributed by atoms with van der Waals surface area (Å²) >= 11 is 0. The lowest BCUT2D eigenvalue weighted by Gasteiger charge is -2.25. The lowest BCUT2D eigenvalue weighted by molar-refractivity contribution is 0.206. The number of carbonyl (C=O) groups is 1. The van der Waals surface area contributed by atoms with Crippen LogP contribution in [-0.2, 0) is 0 Å². The Labute approximate surface area is 93.6 Å². The van der Waals surface area contributed by atoms with E-state index in [-0.39, 0.29) is 12.1 Å². The molecule has 0 heterocycles. The number of carbonyl (C=O) groups excluding carboxylic acids is 1. The van der Waals surface area contributed by atoms with Gasteiger partial charge in [0.25, 0.3) is 0 Å². The molecule has 1 unspecified atom stereocenters. The van der Waals surface area contributed by atoms with Crippen molar-refractivity contribution in [2.45, 2.75) is 26.3 Å². The highest BCUT2D eigenvalue weighted by atomic mass is 16.2. The van der Waals surface area contributed by atoms with E-state index < -0.39 is 0 Å². The fourth-order valence-corrected chi connectivity index (χ4v) is 1.49. The number of likely N-dealkylation sites (N-methyl/N-ethyl adjacent to an activating group) is 1. The summed E-state index contributed by atoms with van der Waals surface area (Å²) in [5, 5.41) is 3.02. The molecule has 0 aromatic carbocycles. The molecule has 15 heavy (non-hydrogen) atoms. The van der Waals surface area contributed by atoms with Crippen LogP contribution in [0.5, 0.6) is 0 Å². The van der Waals surface area contributed by atoms with Gasteiger partial charge in [0.1, 0.15) is 0 Å². The summed E-state index contributed by atoms with van der Waals surface area (Å²) in [4.78, 5) is 15.2. The number of rotatable bonds is 5. The van der Waals surface area contributed by atoms with Crippen molar-refractivity contribution in [3.05, 3.63) is 0 Å². The largest absolute Gasteiger partial charge is 0.334 e. The van der Waals surface area contributed by atoms with Crippen molar-refractivity contribution in [3.63, 3.8) is 0 Å². The molecule has 0 rings (SSSR count). The first kappa shape index (κ1) is 14.2. The highest BCUT2D eigenvalue weighted by Gasteiger charge is 2.15. The molecule has 0 aliphatic carbocycles. The number of nitrogens with one attached hydrogen (secondary N) is 1. The van der Waals surface area contributed by atoms with Crippen molar-refractivity contribution < 1.29 is 4.79 Å². The summed E-state index contributed by atoms with van der Waals surface area (Å²) in [5.74, 6) is 0.595. The van der Waals surface area contributed by atoms with E-state index in [1.54, 1.807) is 19.0 Å². The molecule has 0 radical (unpaired) electrons. The van der Waals surface area contributed by atoms with Gasteiger partial charge in [0.05, 0.1) is 0 Å². The predicted octanol–water partition coefficient (Wildman–Crippen LogP) is 1.23. The number of hydrogen-bond donors (Lipinski definition) is 1. The summed E-state index contributed by atoms with van der Waals surface area (Å²) in [6.07, 6.45) is 1.01. The van der Waals surface area contributed by atoms with Gasteiger partial charge in [0, 0.05) is 26.7 Å². The molecule has 90 valence electrons. The first-order valence-electron chi connectivity index (χ1n) is 5.45. The fourth-order valence-electron chi connectivity index (χ4n) is 1.49. The van der Waals surface area contributed by atoms with Crippen LogP contribution in [0.4, 0.5) is 4.79 Å². The standard InChI is InChI=1S/C11H25N3O/c1-9(2)7-10(8-13(3)4)12-11(15)14(5)6/h9-10H,7-8H2,1-6H3,(H,12,15). The van der Waals surface area contributed by atoms with Gasteiger partial charge in [-0.2, -0.15) is 0 Å². The SMILES string of the molecule is CC(C)CC(CN(C)C)NC(=O)N(C)C. The monoisotopic (exact) mass is 215 g/mol. The van der Waals surface area contributed by atoms with Crippen molar-refractivity contribution in [3.8, 4) is 0 Å². The van der Waals surface area contributed by atoms with Crippen LogP contribution in [0.25, 0.3) is 0 Å². The summed E-state index contributed by atoms with van der Waals surface area (Å²) in [5.41, 5.74) is 0. The number of urea groups is 1. The van der Waals surface area contributed by atoms with Crippen molar-refractivity contribution in [2.75, 3.05) is 34.7 Å². The van der Waals surface area contributed by atoms with Gasteiger partial charge in [-0.25, -0.2) is 4.79 Å². The van der Waals surface area contributed by atoms with Crippen molar-refractivity contribution in [2.24, 2.45) is 5.92 Å². The second-order valence-corrected chi connectivity index (χ2v) is 4.93. The molecule has 0 spiro atoms. The molecule has 0 saturated carbocycles. The minimum Gasteiger partial charge on any atom is -0.334 e. The minimum absolute atomic E-state index is 0.0116. The van der Waals surface area contributed by atoms with Crippen molar-refractivity contribution in [1.82, 2.24) is 15.1 Å². The maximum atomic E-state index is 11.5. The molecule has 2 amide bonds. The molecule has 0 aliphatic heterocycles. The molecule has 1 atom stereocenters. The Hall–Kier alpha value is -0.770. The topological polar surface area (TPSA) is 35.6 Å². The van der Waals surface area contributed by atoms with Gasteiger partial charge < -0.3 is 15.1 Å². The molecular formula is C11H25N3O. The van der Waals surface area contributed by atoms with Crippen LogP contribution in [0.1, 0.15) is 20.3 Å². The zero-order valence-electron chi connectivity index (χ0n) is 10.9. The van der Waals surface area contributed by atoms with Gasteiger partial charge in [-0.15, -0.1) is 0 Å². The summed E-state index contributed by atoms with van der Waals surface area (Å²) < 4.78 is 0. The smallest absolute Gasteiger partial charge is 0.317 e. The van der Waals surface area contributed by atoms with Crippen LogP contribution < -0.4 is 5.32 Å². The Morgan fingerprint density at radius 2 is 1.73 bits per heavy atom. The van der Waals surface area contributed by atoms with E-state index in [9.17, 15) is 4.79 Å². The third-order valence-corrected chi connectivity index (χ3v) is 2.08. The highest BCUT2D eigenvalue weighted by molar-refractivity contribution is 5.73. The van der Waals surface area contributed by atoms with E-state index in [0.29, 0.717) is 5.92 Å². The van der Waals surface area contributed by atoms with Crippen molar-refractivity contribution >= 4 is 6.03 Å². The molecule has 0 fully saturated rings. The Morgan fingerprint density at radius 3 is 2.07 bits per heavy atom. The number of nitrogens with zero attached hydrogens (tertiary/aromatic N) is 2. The van der Waals surface area contributed by atoms with E-state index in [1.165, 1.54) is 0 Å².